The normalized spacial score (nSPS) is 20.6. The van der Waals surface area contributed by atoms with Crippen molar-refractivity contribution in [3.63, 3.8) is 0 Å². The minimum absolute atomic E-state index is 0.0291. The van der Waals surface area contributed by atoms with E-state index in [-0.39, 0.29) is 18.1 Å². The third kappa shape index (κ3) is 4.22. The Labute approximate surface area is 153 Å². The molecule has 0 radical (unpaired) electrons. The molecule has 4 nitrogen and oxygen atoms in total. The fourth-order valence-corrected chi connectivity index (χ4v) is 4.01. The number of rotatable bonds is 3. The average molecular weight is 356 g/mol. The van der Waals surface area contributed by atoms with E-state index in [0.29, 0.717) is 18.7 Å². The molecule has 0 spiro atoms. The standard InChI is InChI=1S/C20H24N2O2S/c1-13-7-8-17(10-14(13)2)25-19-18(6-5-9-21-19)20(23)22-11-15(3)24-16(4)12-22/h5-10,15-16H,11-12H2,1-4H3. The van der Waals surface area contributed by atoms with E-state index in [1.54, 1.807) is 18.0 Å². The van der Waals surface area contributed by atoms with Crippen molar-refractivity contribution in [2.24, 2.45) is 0 Å². The van der Waals surface area contributed by atoms with Crippen molar-refractivity contribution < 1.29 is 9.53 Å². The predicted molar refractivity (Wildman–Crippen MR) is 100 cm³/mol. The van der Waals surface area contributed by atoms with Gasteiger partial charge in [-0.3, -0.25) is 4.79 Å². The highest BCUT2D eigenvalue weighted by Gasteiger charge is 2.28. The number of benzene rings is 1. The van der Waals surface area contributed by atoms with Crippen LogP contribution in [0.2, 0.25) is 0 Å². The number of morpholine rings is 1. The van der Waals surface area contributed by atoms with Crippen molar-refractivity contribution in [2.75, 3.05) is 13.1 Å². The van der Waals surface area contributed by atoms with Gasteiger partial charge in [0.15, 0.2) is 0 Å². The molecule has 1 amide bonds. The van der Waals surface area contributed by atoms with Crippen LogP contribution in [0.3, 0.4) is 0 Å². The summed E-state index contributed by atoms with van der Waals surface area (Å²) in [5.74, 6) is 0.0291. The van der Waals surface area contributed by atoms with Crippen LogP contribution in [0.15, 0.2) is 46.5 Å². The molecule has 0 aliphatic carbocycles. The first kappa shape index (κ1) is 18.0. The largest absolute Gasteiger partial charge is 0.372 e. The maximum Gasteiger partial charge on any atom is 0.256 e. The van der Waals surface area contributed by atoms with E-state index in [1.165, 1.54) is 11.1 Å². The lowest BCUT2D eigenvalue weighted by Gasteiger charge is -2.35. The van der Waals surface area contributed by atoms with Crippen LogP contribution in [0.4, 0.5) is 0 Å². The second-order valence-corrected chi connectivity index (χ2v) is 7.73. The van der Waals surface area contributed by atoms with Crippen molar-refractivity contribution in [3.05, 3.63) is 53.2 Å². The second-order valence-electron chi connectivity index (χ2n) is 6.67. The Kier molecular flexibility index (Phi) is 5.45. The lowest BCUT2D eigenvalue weighted by molar-refractivity contribution is -0.0587. The van der Waals surface area contributed by atoms with Crippen LogP contribution in [-0.2, 0) is 4.74 Å². The van der Waals surface area contributed by atoms with Gasteiger partial charge in [0.05, 0.1) is 17.8 Å². The molecule has 0 N–H and O–H groups in total. The third-order valence-corrected chi connectivity index (χ3v) is 5.41. The number of ether oxygens (including phenoxy) is 1. The van der Waals surface area contributed by atoms with E-state index in [1.807, 2.05) is 30.9 Å². The highest BCUT2D eigenvalue weighted by Crippen LogP contribution is 2.31. The summed E-state index contributed by atoms with van der Waals surface area (Å²) in [5.41, 5.74) is 3.16. The van der Waals surface area contributed by atoms with Crippen LogP contribution in [0.1, 0.15) is 35.3 Å². The summed E-state index contributed by atoms with van der Waals surface area (Å²) in [5, 5.41) is 0.752. The first-order valence-electron chi connectivity index (χ1n) is 8.59. The molecule has 1 aromatic carbocycles. The van der Waals surface area contributed by atoms with Crippen molar-refractivity contribution in [2.45, 2.75) is 49.8 Å². The molecule has 5 heteroatoms. The number of hydrogen-bond donors (Lipinski definition) is 0. The monoisotopic (exact) mass is 356 g/mol. The quantitative estimate of drug-likeness (QED) is 0.830. The zero-order valence-electron chi connectivity index (χ0n) is 15.2. The van der Waals surface area contributed by atoms with Crippen LogP contribution < -0.4 is 0 Å². The second kappa shape index (κ2) is 7.58. The zero-order valence-corrected chi connectivity index (χ0v) is 16.0. The minimum atomic E-state index is 0.0291. The zero-order chi connectivity index (χ0) is 18.0. The van der Waals surface area contributed by atoms with E-state index >= 15 is 0 Å². The maximum atomic E-state index is 13.0. The van der Waals surface area contributed by atoms with Gasteiger partial charge in [-0.05, 0) is 63.1 Å². The predicted octanol–water partition coefficient (Wildman–Crippen LogP) is 4.10. The third-order valence-electron chi connectivity index (χ3n) is 4.40. The first-order valence-corrected chi connectivity index (χ1v) is 9.40. The molecular weight excluding hydrogens is 332 g/mol. The number of aromatic nitrogens is 1. The van der Waals surface area contributed by atoms with Crippen LogP contribution in [-0.4, -0.2) is 41.1 Å². The van der Waals surface area contributed by atoms with E-state index in [0.717, 1.165) is 9.92 Å². The van der Waals surface area contributed by atoms with Gasteiger partial charge in [0, 0.05) is 24.2 Å². The topological polar surface area (TPSA) is 42.4 Å². The number of carbonyl (C=O) groups excluding carboxylic acids is 1. The molecule has 2 aromatic rings. The van der Waals surface area contributed by atoms with E-state index in [2.05, 4.69) is 37.0 Å². The van der Waals surface area contributed by atoms with E-state index < -0.39 is 0 Å². The van der Waals surface area contributed by atoms with Gasteiger partial charge in [0.2, 0.25) is 0 Å². The lowest BCUT2D eigenvalue weighted by Crippen LogP contribution is -2.48. The van der Waals surface area contributed by atoms with Gasteiger partial charge in [-0.1, -0.05) is 17.8 Å². The van der Waals surface area contributed by atoms with Gasteiger partial charge in [0.25, 0.3) is 5.91 Å². The molecule has 1 saturated heterocycles. The fourth-order valence-electron chi connectivity index (χ4n) is 3.04. The van der Waals surface area contributed by atoms with Crippen LogP contribution in [0.25, 0.3) is 0 Å². The summed E-state index contributed by atoms with van der Waals surface area (Å²) in [7, 11) is 0. The lowest BCUT2D eigenvalue weighted by atomic mass is 10.1. The average Bonchev–Trinajstić information content (AvgIpc) is 2.57. The summed E-state index contributed by atoms with van der Waals surface area (Å²) in [6.45, 7) is 9.44. The maximum absolute atomic E-state index is 13.0. The Balaban J connectivity index is 1.85. The number of carbonyl (C=O) groups is 1. The van der Waals surface area contributed by atoms with Gasteiger partial charge < -0.3 is 9.64 Å². The number of pyridine rings is 1. The fraction of sp³-hybridized carbons (Fsp3) is 0.400. The molecule has 2 unspecified atom stereocenters. The van der Waals surface area contributed by atoms with Crippen molar-refractivity contribution >= 4 is 17.7 Å². The Hall–Kier alpha value is -1.85. The Morgan fingerprint density at radius 1 is 1.16 bits per heavy atom. The SMILES string of the molecule is Cc1ccc(Sc2ncccc2C(=O)N2CC(C)OC(C)C2)cc1C. The highest BCUT2D eigenvalue weighted by molar-refractivity contribution is 7.99. The van der Waals surface area contributed by atoms with Crippen LogP contribution in [0, 0.1) is 13.8 Å². The molecule has 1 aliphatic heterocycles. The first-order chi connectivity index (χ1) is 11.9. The van der Waals surface area contributed by atoms with Gasteiger partial charge in [-0.2, -0.15) is 0 Å². The molecule has 1 aromatic heterocycles. The Morgan fingerprint density at radius 2 is 1.88 bits per heavy atom. The number of aryl methyl sites for hydroxylation is 2. The van der Waals surface area contributed by atoms with Crippen LogP contribution >= 0.6 is 11.8 Å². The summed E-state index contributed by atoms with van der Waals surface area (Å²) in [6.07, 6.45) is 1.85. The van der Waals surface area contributed by atoms with Crippen LogP contribution in [0.5, 0.6) is 0 Å². The smallest absolute Gasteiger partial charge is 0.256 e. The summed E-state index contributed by atoms with van der Waals surface area (Å²) >= 11 is 1.54. The molecule has 2 atom stereocenters. The highest BCUT2D eigenvalue weighted by atomic mass is 32.2. The molecule has 2 heterocycles. The van der Waals surface area contributed by atoms with Crippen molar-refractivity contribution in [3.8, 4) is 0 Å². The molecule has 3 rings (SSSR count). The van der Waals surface area contributed by atoms with Crippen molar-refractivity contribution in [1.82, 2.24) is 9.88 Å². The molecule has 132 valence electrons. The Morgan fingerprint density at radius 3 is 2.56 bits per heavy atom. The van der Waals surface area contributed by atoms with Gasteiger partial charge in [-0.15, -0.1) is 0 Å². The summed E-state index contributed by atoms with van der Waals surface area (Å²) in [6, 6.07) is 10.0. The molecule has 25 heavy (non-hydrogen) atoms. The van der Waals surface area contributed by atoms with Gasteiger partial charge >= 0.3 is 0 Å². The number of amides is 1. The minimum Gasteiger partial charge on any atom is -0.372 e. The summed E-state index contributed by atoms with van der Waals surface area (Å²) in [4.78, 5) is 20.5. The number of hydrogen-bond acceptors (Lipinski definition) is 4. The van der Waals surface area contributed by atoms with E-state index in [4.69, 9.17) is 4.74 Å². The summed E-state index contributed by atoms with van der Waals surface area (Å²) < 4.78 is 5.74. The van der Waals surface area contributed by atoms with Crippen molar-refractivity contribution in [1.29, 1.82) is 0 Å². The molecule has 1 fully saturated rings. The molecule has 0 saturated carbocycles. The molecule has 1 aliphatic rings. The van der Waals surface area contributed by atoms with Gasteiger partial charge in [0.1, 0.15) is 5.03 Å². The Bertz CT molecular complexity index is 768. The molecular formula is C20H24N2O2S. The number of nitrogens with zero attached hydrogens (tertiary/aromatic N) is 2. The van der Waals surface area contributed by atoms with E-state index in [9.17, 15) is 4.79 Å². The molecule has 0 bridgehead atoms. The van der Waals surface area contributed by atoms with Gasteiger partial charge in [-0.25, -0.2) is 4.98 Å².